The first-order valence-corrected chi connectivity index (χ1v) is 8.80. The van der Waals surface area contributed by atoms with Gasteiger partial charge in [-0.05, 0) is 24.3 Å². The van der Waals surface area contributed by atoms with Crippen molar-refractivity contribution in [2.45, 2.75) is 12.5 Å². The number of rotatable bonds is 5. The summed E-state index contributed by atoms with van der Waals surface area (Å²) in [5, 5.41) is 0.920. The standard InChI is InChI=1S/C21H21NO5/c1-22(11-16-13-26-18-5-3-4-6-19(18)27-16)21(23)9-14-12-25-20-10-15(24-2)7-8-17(14)20/h3-8,10,12,16H,9,11,13H2,1-2H3/t16-/m1/s1. The average Bonchev–Trinajstić information content (AvgIpc) is 3.09. The number of methoxy groups -OCH3 is 1. The lowest BCUT2D eigenvalue weighted by molar-refractivity contribution is -0.130. The zero-order chi connectivity index (χ0) is 18.8. The molecule has 0 bridgehead atoms. The lowest BCUT2D eigenvalue weighted by Crippen LogP contribution is -2.42. The maximum absolute atomic E-state index is 12.7. The molecule has 1 amide bonds. The van der Waals surface area contributed by atoms with Gasteiger partial charge in [-0.15, -0.1) is 0 Å². The van der Waals surface area contributed by atoms with Crippen LogP contribution in [0.3, 0.4) is 0 Å². The predicted molar refractivity (Wildman–Crippen MR) is 100 cm³/mol. The van der Waals surface area contributed by atoms with Crippen molar-refractivity contribution in [3.05, 3.63) is 54.3 Å². The van der Waals surface area contributed by atoms with Crippen molar-refractivity contribution in [2.24, 2.45) is 0 Å². The fraction of sp³-hybridized carbons (Fsp3) is 0.286. The Morgan fingerprint density at radius 1 is 1.22 bits per heavy atom. The number of hydrogen-bond donors (Lipinski definition) is 0. The molecule has 2 heterocycles. The molecule has 3 aromatic rings. The molecule has 0 aliphatic carbocycles. The molecular formula is C21H21NO5. The second-order valence-corrected chi connectivity index (χ2v) is 6.57. The van der Waals surface area contributed by atoms with E-state index in [-0.39, 0.29) is 18.4 Å². The van der Waals surface area contributed by atoms with E-state index in [4.69, 9.17) is 18.6 Å². The SMILES string of the molecule is COc1ccc2c(CC(=O)N(C)C[C@@H]3COc4ccccc4O3)coc2c1. The number of carbonyl (C=O) groups is 1. The molecule has 1 aliphatic heterocycles. The van der Waals surface area contributed by atoms with E-state index in [1.54, 1.807) is 25.3 Å². The fourth-order valence-electron chi connectivity index (χ4n) is 3.19. The highest BCUT2D eigenvalue weighted by Gasteiger charge is 2.24. The van der Waals surface area contributed by atoms with Crippen molar-refractivity contribution in [1.82, 2.24) is 4.90 Å². The smallest absolute Gasteiger partial charge is 0.227 e. The average molecular weight is 367 g/mol. The third-order valence-corrected chi connectivity index (χ3v) is 4.68. The summed E-state index contributed by atoms with van der Waals surface area (Å²) in [4.78, 5) is 14.3. The first-order valence-electron chi connectivity index (χ1n) is 8.80. The number of hydrogen-bond acceptors (Lipinski definition) is 5. The van der Waals surface area contributed by atoms with Crippen molar-refractivity contribution in [1.29, 1.82) is 0 Å². The van der Waals surface area contributed by atoms with E-state index in [1.165, 1.54) is 0 Å². The number of amides is 1. The molecule has 1 aromatic heterocycles. The summed E-state index contributed by atoms with van der Waals surface area (Å²) < 4.78 is 22.4. The minimum absolute atomic E-state index is 0.00373. The van der Waals surface area contributed by atoms with E-state index in [0.29, 0.717) is 24.5 Å². The van der Waals surface area contributed by atoms with Crippen molar-refractivity contribution >= 4 is 16.9 Å². The highest BCUT2D eigenvalue weighted by Crippen LogP contribution is 2.31. The number of benzene rings is 2. The van der Waals surface area contributed by atoms with Gasteiger partial charge in [0.15, 0.2) is 17.6 Å². The van der Waals surface area contributed by atoms with Crippen LogP contribution in [-0.2, 0) is 11.2 Å². The molecule has 0 radical (unpaired) electrons. The van der Waals surface area contributed by atoms with E-state index in [9.17, 15) is 4.79 Å². The number of fused-ring (bicyclic) bond motifs is 2. The number of ether oxygens (including phenoxy) is 3. The summed E-state index contributed by atoms with van der Waals surface area (Å²) >= 11 is 0. The van der Waals surface area contributed by atoms with Crippen LogP contribution >= 0.6 is 0 Å². The van der Waals surface area contributed by atoms with Gasteiger partial charge in [0.2, 0.25) is 5.91 Å². The molecule has 140 valence electrons. The van der Waals surface area contributed by atoms with E-state index < -0.39 is 0 Å². The van der Waals surface area contributed by atoms with Gasteiger partial charge < -0.3 is 23.5 Å². The summed E-state index contributed by atoms with van der Waals surface area (Å²) in [6, 6.07) is 13.1. The lowest BCUT2D eigenvalue weighted by Gasteiger charge is -2.29. The topological polar surface area (TPSA) is 61.1 Å². The van der Waals surface area contributed by atoms with Crippen LogP contribution in [0.2, 0.25) is 0 Å². The van der Waals surface area contributed by atoms with Gasteiger partial charge in [0.25, 0.3) is 0 Å². The van der Waals surface area contributed by atoms with Crippen LogP contribution in [0, 0.1) is 0 Å². The zero-order valence-electron chi connectivity index (χ0n) is 15.3. The highest BCUT2D eigenvalue weighted by molar-refractivity contribution is 5.88. The largest absolute Gasteiger partial charge is 0.497 e. The molecule has 0 spiro atoms. The Morgan fingerprint density at radius 2 is 2.04 bits per heavy atom. The van der Waals surface area contributed by atoms with Crippen LogP contribution in [0.15, 0.2) is 53.1 Å². The van der Waals surface area contributed by atoms with Crippen molar-refractivity contribution < 1.29 is 23.4 Å². The van der Waals surface area contributed by atoms with Crippen molar-refractivity contribution in [3.63, 3.8) is 0 Å². The molecule has 4 rings (SSSR count). The monoisotopic (exact) mass is 367 g/mol. The Hall–Kier alpha value is -3.15. The number of likely N-dealkylation sites (N-methyl/N-ethyl adjacent to an activating group) is 1. The van der Waals surface area contributed by atoms with E-state index in [0.717, 1.165) is 22.4 Å². The second-order valence-electron chi connectivity index (χ2n) is 6.57. The van der Waals surface area contributed by atoms with Crippen molar-refractivity contribution in [2.75, 3.05) is 27.3 Å². The molecule has 27 heavy (non-hydrogen) atoms. The van der Waals surface area contributed by atoms with E-state index in [2.05, 4.69) is 0 Å². The van der Waals surface area contributed by atoms with Gasteiger partial charge in [0.1, 0.15) is 17.9 Å². The van der Waals surface area contributed by atoms with Crippen LogP contribution < -0.4 is 14.2 Å². The zero-order valence-corrected chi connectivity index (χ0v) is 15.3. The minimum atomic E-state index is -0.195. The molecule has 0 saturated carbocycles. The fourth-order valence-corrected chi connectivity index (χ4v) is 3.19. The maximum atomic E-state index is 12.7. The molecule has 1 aliphatic rings. The Labute approximate surface area is 157 Å². The summed E-state index contributed by atoms with van der Waals surface area (Å²) in [5.74, 6) is 2.17. The molecule has 0 unspecified atom stereocenters. The Balaban J connectivity index is 1.40. The summed E-state index contributed by atoms with van der Waals surface area (Å²) in [6.07, 6.45) is 1.70. The van der Waals surface area contributed by atoms with Gasteiger partial charge in [-0.25, -0.2) is 0 Å². The van der Waals surface area contributed by atoms with E-state index >= 15 is 0 Å². The number of carbonyl (C=O) groups excluding carboxylic acids is 1. The molecule has 6 heteroatoms. The number of para-hydroxylation sites is 2. The highest BCUT2D eigenvalue weighted by atomic mass is 16.6. The summed E-state index contributed by atoms with van der Waals surface area (Å²) in [5.41, 5.74) is 1.57. The van der Waals surface area contributed by atoms with Crippen LogP contribution in [0.5, 0.6) is 17.2 Å². The number of furan rings is 1. The lowest BCUT2D eigenvalue weighted by atomic mass is 10.1. The predicted octanol–water partition coefficient (Wildman–Crippen LogP) is 3.28. The van der Waals surface area contributed by atoms with Crippen LogP contribution in [0.1, 0.15) is 5.56 Å². The third-order valence-electron chi connectivity index (χ3n) is 4.68. The Kier molecular flexibility index (Phi) is 4.62. The van der Waals surface area contributed by atoms with Gasteiger partial charge in [-0.3, -0.25) is 4.79 Å². The molecular weight excluding hydrogens is 346 g/mol. The first kappa shape index (κ1) is 17.3. The van der Waals surface area contributed by atoms with E-state index in [1.807, 2.05) is 42.5 Å². The molecule has 0 saturated heterocycles. The quantitative estimate of drug-likeness (QED) is 0.693. The molecule has 1 atom stereocenters. The van der Waals surface area contributed by atoms with Crippen LogP contribution in [0.4, 0.5) is 0 Å². The molecule has 0 N–H and O–H groups in total. The number of nitrogens with zero attached hydrogens (tertiary/aromatic N) is 1. The van der Waals surface area contributed by atoms with Crippen LogP contribution in [0.25, 0.3) is 11.0 Å². The normalized spacial score (nSPS) is 15.6. The minimum Gasteiger partial charge on any atom is -0.497 e. The Morgan fingerprint density at radius 3 is 2.85 bits per heavy atom. The van der Waals surface area contributed by atoms with Gasteiger partial charge in [0, 0.05) is 24.1 Å². The maximum Gasteiger partial charge on any atom is 0.227 e. The molecule has 2 aromatic carbocycles. The molecule has 0 fully saturated rings. The summed E-state index contributed by atoms with van der Waals surface area (Å²) in [6.45, 7) is 0.875. The first-order chi connectivity index (χ1) is 13.1. The summed E-state index contributed by atoms with van der Waals surface area (Å²) in [7, 11) is 3.39. The third kappa shape index (κ3) is 3.56. The van der Waals surface area contributed by atoms with Gasteiger partial charge >= 0.3 is 0 Å². The van der Waals surface area contributed by atoms with Gasteiger partial charge in [0.05, 0.1) is 26.3 Å². The van der Waals surface area contributed by atoms with Gasteiger partial charge in [-0.2, -0.15) is 0 Å². The van der Waals surface area contributed by atoms with Crippen LogP contribution in [-0.4, -0.2) is 44.2 Å². The Bertz CT molecular complexity index is 964. The second kappa shape index (κ2) is 7.23. The molecule has 6 nitrogen and oxygen atoms in total. The van der Waals surface area contributed by atoms with Gasteiger partial charge in [-0.1, -0.05) is 12.1 Å². The van der Waals surface area contributed by atoms with Crippen molar-refractivity contribution in [3.8, 4) is 17.2 Å².